The van der Waals surface area contributed by atoms with Crippen molar-refractivity contribution in [1.82, 2.24) is 15.4 Å². The maximum absolute atomic E-state index is 12.8. The van der Waals surface area contributed by atoms with E-state index < -0.39 is 0 Å². The van der Waals surface area contributed by atoms with Crippen LogP contribution in [-0.4, -0.2) is 55.9 Å². The number of morpholine rings is 1. The first-order valence-electron chi connectivity index (χ1n) is 10.4. The number of carbonyl (C=O) groups excluding carboxylic acids is 1. The highest BCUT2D eigenvalue weighted by molar-refractivity contribution is 5.93. The molecule has 7 nitrogen and oxygen atoms in total. The minimum Gasteiger partial charge on any atom is -0.497 e. The Kier molecular flexibility index (Phi) is 6.64. The molecule has 0 spiro atoms. The summed E-state index contributed by atoms with van der Waals surface area (Å²) in [5, 5.41) is 6.99. The molecule has 3 aromatic rings. The maximum Gasteiger partial charge on any atom is 0.273 e. The number of aryl methyl sites for hydroxylation is 1. The molecule has 1 amide bonds. The molecule has 4 rings (SSSR count). The quantitative estimate of drug-likeness (QED) is 0.630. The molecule has 0 unspecified atom stereocenters. The predicted molar refractivity (Wildman–Crippen MR) is 117 cm³/mol. The molecule has 162 valence electrons. The average molecular weight is 421 g/mol. The second-order valence-electron chi connectivity index (χ2n) is 7.59. The molecular formula is C24H27N3O4. The molecule has 0 aliphatic carbocycles. The van der Waals surface area contributed by atoms with Crippen LogP contribution in [0.15, 0.2) is 59.1 Å². The first kappa shape index (κ1) is 21.1. The monoisotopic (exact) mass is 421 g/mol. The molecule has 1 aliphatic heterocycles. The molecule has 0 bridgehead atoms. The molecule has 1 saturated heterocycles. The van der Waals surface area contributed by atoms with Gasteiger partial charge in [0.2, 0.25) is 0 Å². The van der Waals surface area contributed by atoms with Crippen LogP contribution in [0.25, 0.3) is 11.3 Å². The molecular weight excluding hydrogens is 394 g/mol. The number of methoxy groups -OCH3 is 1. The van der Waals surface area contributed by atoms with E-state index in [0.29, 0.717) is 25.5 Å². The highest BCUT2D eigenvalue weighted by Crippen LogP contribution is 2.24. The average Bonchev–Trinajstić information content (AvgIpc) is 3.31. The van der Waals surface area contributed by atoms with Crippen LogP contribution in [0.2, 0.25) is 0 Å². The highest BCUT2D eigenvalue weighted by Gasteiger charge is 2.24. The molecule has 1 N–H and O–H groups in total. The van der Waals surface area contributed by atoms with Crippen LogP contribution in [-0.2, 0) is 4.74 Å². The third-order valence-corrected chi connectivity index (χ3v) is 5.52. The van der Waals surface area contributed by atoms with Crippen molar-refractivity contribution >= 4 is 5.91 Å². The number of hydrogen-bond donors (Lipinski definition) is 1. The number of hydrogen-bond acceptors (Lipinski definition) is 6. The number of amides is 1. The largest absolute Gasteiger partial charge is 0.497 e. The Morgan fingerprint density at radius 1 is 1.13 bits per heavy atom. The summed E-state index contributed by atoms with van der Waals surface area (Å²) < 4.78 is 16.2. The predicted octanol–water partition coefficient (Wildman–Crippen LogP) is 3.46. The van der Waals surface area contributed by atoms with Gasteiger partial charge in [-0.3, -0.25) is 9.69 Å². The SMILES string of the molecule is COc1ccc([C@H](CNC(=O)c2cc(-c3ccc(C)cc3)on2)N2CCOCC2)cc1. The number of nitrogens with zero attached hydrogens (tertiary/aromatic N) is 2. The van der Waals surface area contributed by atoms with E-state index in [2.05, 4.69) is 15.4 Å². The summed E-state index contributed by atoms with van der Waals surface area (Å²) in [5.74, 6) is 1.12. The molecule has 0 saturated carbocycles. The Hall–Kier alpha value is -3.16. The molecule has 2 heterocycles. The minimum atomic E-state index is -0.256. The molecule has 1 aromatic heterocycles. The van der Waals surface area contributed by atoms with Crippen molar-refractivity contribution in [1.29, 1.82) is 0 Å². The van der Waals surface area contributed by atoms with Gasteiger partial charge in [-0.25, -0.2) is 0 Å². The molecule has 1 fully saturated rings. The van der Waals surface area contributed by atoms with Gasteiger partial charge in [-0.15, -0.1) is 0 Å². The fourth-order valence-electron chi connectivity index (χ4n) is 3.69. The second-order valence-corrected chi connectivity index (χ2v) is 7.59. The maximum atomic E-state index is 12.8. The third-order valence-electron chi connectivity index (χ3n) is 5.52. The van der Waals surface area contributed by atoms with Crippen LogP contribution in [0.1, 0.15) is 27.7 Å². The lowest BCUT2D eigenvalue weighted by atomic mass is 10.0. The van der Waals surface area contributed by atoms with Gasteiger partial charge in [0.1, 0.15) is 5.75 Å². The molecule has 7 heteroatoms. The molecule has 31 heavy (non-hydrogen) atoms. The lowest BCUT2D eigenvalue weighted by molar-refractivity contribution is 0.0162. The summed E-state index contributed by atoms with van der Waals surface area (Å²) in [6, 6.07) is 17.6. The Labute approximate surface area is 181 Å². The summed E-state index contributed by atoms with van der Waals surface area (Å²) in [4.78, 5) is 15.1. The smallest absolute Gasteiger partial charge is 0.273 e. The van der Waals surface area contributed by atoms with Crippen molar-refractivity contribution in [3.8, 4) is 17.1 Å². The van der Waals surface area contributed by atoms with E-state index in [4.69, 9.17) is 14.0 Å². The summed E-state index contributed by atoms with van der Waals surface area (Å²) >= 11 is 0. The Balaban J connectivity index is 1.46. The van der Waals surface area contributed by atoms with E-state index in [-0.39, 0.29) is 17.6 Å². The van der Waals surface area contributed by atoms with Crippen LogP contribution in [0.4, 0.5) is 0 Å². The number of rotatable bonds is 7. The van der Waals surface area contributed by atoms with Gasteiger partial charge in [0, 0.05) is 31.3 Å². The lowest BCUT2D eigenvalue weighted by Gasteiger charge is -2.34. The zero-order valence-corrected chi connectivity index (χ0v) is 17.8. The van der Waals surface area contributed by atoms with Crippen LogP contribution < -0.4 is 10.1 Å². The first-order valence-corrected chi connectivity index (χ1v) is 10.4. The topological polar surface area (TPSA) is 76.8 Å². The zero-order chi connectivity index (χ0) is 21.6. The standard InChI is InChI=1S/C24H27N3O4/c1-17-3-5-19(6-4-17)23-15-21(26-31-23)24(28)25-16-22(27-11-13-30-14-12-27)18-7-9-20(29-2)10-8-18/h3-10,15,22H,11-14,16H2,1-2H3,(H,25,28)/t22-/m0/s1. The van der Waals surface area contributed by atoms with Crippen molar-refractivity contribution in [3.63, 3.8) is 0 Å². The van der Waals surface area contributed by atoms with Gasteiger partial charge in [-0.05, 0) is 24.6 Å². The number of aromatic nitrogens is 1. The van der Waals surface area contributed by atoms with E-state index in [1.54, 1.807) is 13.2 Å². The van der Waals surface area contributed by atoms with E-state index >= 15 is 0 Å². The summed E-state index contributed by atoms with van der Waals surface area (Å²) in [6.07, 6.45) is 0. The van der Waals surface area contributed by atoms with E-state index in [0.717, 1.165) is 35.5 Å². The molecule has 0 radical (unpaired) electrons. The zero-order valence-electron chi connectivity index (χ0n) is 17.8. The molecule has 1 aliphatic rings. The van der Waals surface area contributed by atoms with Crippen LogP contribution in [0.5, 0.6) is 5.75 Å². The number of carbonyl (C=O) groups is 1. The fraction of sp³-hybridized carbons (Fsp3) is 0.333. The van der Waals surface area contributed by atoms with Crippen molar-refractivity contribution in [2.24, 2.45) is 0 Å². The lowest BCUT2D eigenvalue weighted by Crippen LogP contribution is -2.43. The number of benzene rings is 2. The van der Waals surface area contributed by atoms with Gasteiger partial charge in [0.15, 0.2) is 11.5 Å². The van der Waals surface area contributed by atoms with Crippen molar-refractivity contribution in [2.45, 2.75) is 13.0 Å². The van der Waals surface area contributed by atoms with Gasteiger partial charge in [0.25, 0.3) is 5.91 Å². The van der Waals surface area contributed by atoms with Crippen LogP contribution in [0, 0.1) is 6.92 Å². The van der Waals surface area contributed by atoms with Gasteiger partial charge < -0.3 is 19.3 Å². The Morgan fingerprint density at radius 3 is 2.52 bits per heavy atom. The van der Waals surface area contributed by atoms with Crippen molar-refractivity contribution in [3.05, 3.63) is 71.4 Å². The Morgan fingerprint density at radius 2 is 1.84 bits per heavy atom. The Bertz CT molecular complexity index is 992. The van der Waals surface area contributed by atoms with Gasteiger partial charge in [-0.1, -0.05) is 47.1 Å². The molecule has 2 aromatic carbocycles. The normalized spacial score (nSPS) is 15.4. The van der Waals surface area contributed by atoms with E-state index in [9.17, 15) is 4.79 Å². The fourth-order valence-corrected chi connectivity index (χ4v) is 3.69. The number of ether oxygens (including phenoxy) is 2. The third kappa shape index (κ3) is 5.13. The first-order chi connectivity index (χ1) is 15.1. The van der Waals surface area contributed by atoms with Gasteiger partial charge >= 0.3 is 0 Å². The van der Waals surface area contributed by atoms with Gasteiger partial charge in [0.05, 0.1) is 26.4 Å². The van der Waals surface area contributed by atoms with E-state index in [1.807, 2.05) is 55.5 Å². The van der Waals surface area contributed by atoms with Crippen molar-refractivity contribution in [2.75, 3.05) is 40.0 Å². The summed E-state index contributed by atoms with van der Waals surface area (Å²) in [7, 11) is 1.65. The van der Waals surface area contributed by atoms with Crippen LogP contribution >= 0.6 is 0 Å². The van der Waals surface area contributed by atoms with Crippen LogP contribution in [0.3, 0.4) is 0 Å². The second kappa shape index (κ2) is 9.76. The molecule has 1 atom stereocenters. The summed E-state index contributed by atoms with van der Waals surface area (Å²) in [6.45, 7) is 5.48. The van der Waals surface area contributed by atoms with E-state index in [1.165, 1.54) is 0 Å². The van der Waals surface area contributed by atoms with Crippen molar-refractivity contribution < 1.29 is 18.8 Å². The summed E-state index contributed by atoms with van der Waals surface area (Å²) in [5.41, 5.74) is 3.44. The highest BCUT2D eigenvalue weighted by atomic mass is 16.5. The minimum absolute atomic E-state index is 0.0298. The van der Waals surface area contributed by atoms with Gasteiger partial charge in [-0.2, -0.15) is 0 Å². The number of nitrogens with one attached hydrogen (secondary N) is 1.